The Morgan fingerprint density at radius 1 is 1.15 bits per heavy atom. The van der Waals surface area contributed by atoms with Gasteiger partial charge in [-0.25, -0.2) is 17.9 Å². The van der Waals surface area contributed by atoms with Crippen LogP contribution in [-0.2, 0) is 19.6 Å². The van der Waals surface area contributed by atoms with E-state index in [4.69, 9.17) is 20.3 Å². The number of nitrogens with one attached hydrogen (secondary N) is 1. The lowest BCUT2D eigenvalue weighted by Crippen LogP contribution is -2.57. The van der Waals surface area contributed by atoms with E-state index >= 15 is 0 Å². The second kappa shape index (κ2) is 13.3. The van der Waals surface area contributed by atoms with Gasteiger partial charge in [-0.3, -0.25) is 14.4 Å². The van der Waals surface area contributed by atoms with Gasteiger partial charge in [0.1, 0.15) is 18.5 Å². The Balaban J connectivity index is 2.04. The first-order valence-corrected chi connectivity index (χ1v) is 14.8. The van der Waals surface area contributed by atoms with Crippen molar-refractivity contribution >= 4 is 33.3 Å². The van der Waals surface area contributed by atoms with Gasteiger partial charge < -0.3 is 25.1 Å². The fourth-order valence-corrected chi connectivity index (χ4v) is 5.47. The van der Waals surface area contributed by atoms with Crippen molar-refractivity contribution in [2.45, 2.75) is 74.7 Å². The fourth-order valence-electron chi connectivity index (χ4n) is 3.91. The summed E-state index contributed by atoms with van der Waals surface area (Å²) in [5, 5.41) is 14.5. The zero-order valence-corrected chi connectivity index (χ0v) is 25.5. The summed E-state index contributed by atoms with van der Waals surface area (Å²) >= 11 is 0. The number of rotatable bonds is 12. The van der Waals surface area contributed by atoms with Gasteiger partial charge in [-0.15, -0.1) is 5.10 Å². The average molecular weight is 712 g/mol. The maximum Gasteiger partial charge on any atom is 0.427 e. The standard InChI is InChI=1S/C25H29F8N5O8S/c1-22(2,24(28,29)30)46-21(41)35-13-4-6-16-15(10-13)38(11-14(45-16)5-7-18(40)23(3,34)25(31,32)33)47(42,43)17-12-37(20(26)27)36-19(17)44-9-8-39/h4,6,10,12,14,20,39H,5,7-9,11,34H2,1-3H3,(H,35,41)/t14-,23?/m0/s1. The van der Waals surface area contributed by atoms with Crippen LogP contribution in [0.1, 0.15) is 40.2 Å². The molecule has 13 nitrogen and oxygen atoms in total. The molecule has 1 unspecified atom stereocenters. The highest BCUT2D eigenvalue weighted by atomic mass is 32.2. The van der Waals surface area contributed by atoms with Crippen LogP contribution in [0.15, 0.2) is 29.3 Å². The molecular formula is C25H29F8N5O8S. The maximum atomic E-state index is 13.9. The summed E-state index contributed by atoms with van der Waals surface area (Å²) in [4.78, 5) is 23.7. The molecule has 0 saturated heterocycles. The molecule has 4 N–H and O–H groups in total. The van der Waals surface area contributed by atoms with Crippen LogP contribution in [0.2, 0.25) is 0 Å². The third kappa shape index (κ3) is 8.15. The van der Waals surface area contributed by atoms with Crippen LogP contribution in [0.25, 0.3) is 0 Å². The molecule has 1 aliphatic heterocycles. The van der Waals surface area contributed by atoms with Crippen LogP contribution in [0.5, 0.6) is 11.6 Å². The summed E-state index contributed by atoms with van der Waals surface area (Å²) in [6.07, 6.45) is -14.0. The van der Waals surface area contributed by atoms with Crippen molar-refractivity contribution in [2.75, 3.05) is 29.4 Å². The number of carbonyl (C=O) groups excluding carboxylic acids is 2. The summed E-state index contributed by atoms with van der Waals surface area (Å²) in [7, 11) is -5.02. The second-order valence-electron chi connectivity index (χ2n) is 10.8. The highest BCUT2D eigenvalue weighted by Crippen LogP contribution is 2.42. The summed E-state index contributed by atoms with van der Waals surface area (Å²) in [5.74, 6) is -2.63. The van der Waals surface area contributed by atoms with E-state index < -0.39 is 107 Å². The lowest BCUT2D eigenvalue weighted by Gasteiger charge is -2.36. The van der Waals surface area contributed by atoms with Crippen LogP contribution in [0.3, 0.4) is 0 Å². The van der Waals surface area contributed by atoms with Gasteiger partial charge in [0, 0.05) is 12.1 Å². The first-order chi connectivity index (χ1) is 21.4. The largest absolute Gasteiger partial charge is 0.486 e. The van der Waals surface area contributed by atoms with E-state index in [2.05, 4.69) is 9.84 Å². The Bertz CT molecular complexity index is 1580. The fraction of sp³-hybridized carbons (Fsp3) is 0.560. The molecular weight excluding hydrogens is 682 g/mol. The first kappa shape index (κ1) is 37.5. The molecule has 2 atom stereocenters. The number of nitrogens with two attached hydrogens (primary N) is 1. The summed E-state index contributed by atoms with van der Waals surface area (Å²) in [6.45, 7) is -3.76. The predicted molar refractivity (Wildman–Crippen MR) is 145 cm³/mol. The number of halogens is 8. The number of ether oxygens (including phenoxy) is 3. The molecule has 3 rings (SSSR count). The van der Waals surface area contributed by atoms with E-state index in [1.807, 2.05) is 5.32 Å². The number of aromatic nitrogens is 2. The Labute approximate surface area is 261 Å². The molecule has 2 heterocycles. The molecule has 1 aromatic carbocycles. The molecule has 1 amide bonds. The number of amides is 1. The molecule has 0 aliphatic carbocycles. The van der Waals surface area contributed by atoms with Crippen molar-refractivity contribution in [3.05, 3.63) is 24.4 Å². The van der Waals surface area contributed by atoms with Gasteiger partial charge in [-0.2, -0.15) is 35.1 Å². The maximum absolute atomic E-state index is 13.9. The van der Waals surface area contributed by atoms with Gasteiger partial charge in [0.2, 0.25) is 5.60 Å². The van der Waals surface area contributed by atoms with Gasteiger partial charge in [0.25, 0.3) is 15.9 Å². The zero-order chi connectivity index (χ0) is 35.8. The summed E-state index contributed by atoms with van der Waals surface area (Å²) < 4.78 is 150. The minimum atomic E-state index is -5.12. The molecule has 0 fully saturated rings. The predicted octanol–water partition coefficient (Wildman–Crippen LogP) is 4.12. The van der Waals surface area contributed by atoms with Crippen molar-refractivity contribution in [3.8, 4) is 11.6 Å². The second-order valence-corrected chi connectivity index (χ2v) is 12.6. The molecule has 0 radical (unpaired) electrons. The molecule has 264 valence electrons. The van der Waals surface area contributed by atoms with Gasteiger partial charge >= 0.3 is 25.0 Å². The quantitative estimate of drug-likeness (QED) is 0.272. The third-order valence-electron chi connectivity index (χ3n) is 6.79. The number of ketones is 1. The third-order valence-corrected chi connectivity index (χ3v) is 8.56. The number of Topliss-reactive ketones (excluding diaryl/α,β-unsaturated/α-hetero) is 1. The van der Waals surface area contributed by atoms with Gasteiger partial charge in [0.05, 0.1) is 25.0 Å². The van der Waals surface area contributed by atoms with Crippen molar-refractivity contribution < 1.29 is 72.4 Å². The van der Waals surface area contributed by atoms with Gasteiger partial charge in [0.15, 0.2) is 16.2 Å². The van der Waals surface area contributed by atoms with E-state index in [0.717, 1.165) is 18.2 Å². The van der Waals surface area contributed by atoms with E-state index in [-0.39, 0.29) is 16.1 Å². The van der Waals surface area contributed by atoms with Crippen LogP contribution in [-0.4, -0.2) is 84.5 Å². The number of carbonyl (C=O) groups is 2. The first-order valence-electron chi connectivity index (χ1n) is 13.3. The lowest BCUT2D eigenvalue weighted by molar-refractivity contribution is -0.242. The van der Waals surface area contributed by atoms with Crippen molar-refractivity contribution in [2.24, 2.45) is 5.73 Å². The van der Waals surface area contributed by atoms with Gasteiger partial charge in [-0.05, 0) is 45.4 Å². The number of sulfonamides is 1. The number of fused-ring (bicyclic) bond motifs is 1. The van der Waals surface area contributed by atoms with E-state index in [0.29, 0.717) is 31.3 Å². The molecule has 1 aromatic heterocycles. The van der Waals surface area contributed by atoms with E-state index in [1.165, 1.54) is 0 Å². The lowest BCUT2D eigenvalue weighted by atomic mass is 9.92. The molecule has 0 saturated carbocycles. The van der Waals surface area contributed by atoms with Crippen molar-refractivity contribution in [1.82, 2.24) is 9.78 Å². The highest BCUT2D eigenvalue weighted by molar-refractivity contribution is 7.93. The number of benzene rings is 1. The molecule has 0 bridgehead atoms. The monoisotopic (exact) mass is 711 g/mol. The number of nitrogens with zero attached hydrogens (tertiary/aromatic N) is 3. The van der Waals surface area contributed by atoms with Crippen LogP contribution < -0.4 is 24.8 Å². The SMILES string of the molecule is CC(C)(OC(=O)Nc1ccc2c(c1)N(S(=O)(=O)c1cn(C(F)F)nc1OCCO)C[C@H](CCC(=O)C(C)(N)C(F)(F)F)O2)C(F)(F)F. The molecule has 0 spiro atoms. The van der Waals surface area contributed by atoms with E-state index in [9.17, 15) is 53.1 Å². The Morgan fingerprint density at radius 2 is 1.79 bits per heavy atom. The Morgan fingerprint density at radius 3 is 2.34 bits per heavy atom. The number of aliphatic hydroxyl groups is 1. The number of alkyl halides is 8. The van der Waals surface area contributed by atoms with Crippen LogP contribution >= 0.6 is 0 Å². The Hall–Kier alpha value is -3.92. The minimum absolute atomic E-state index is 0.0628. The van der Waals surface area contributed by atoms with Crippen LogP contribution in [0.4, 0.5) is 51.3 Å². The zero-order valence-electron chi connectivity index (χ0n) is 24.7. The molecule has 47 heavy (non-hydrogen) atoms. The average Bonchev–Trinajstić information content (AvgIpc) is 3.38. The molecule has 1 aliphatic rings. The topological polar surface area (TPSA) is 175 Å². The number of aliphatic hydroxyl groups excluding tert-OH is 1. The minimum Gasteiger partial charge on any atom is -0.486 e. The summed E-state index contributed by atoms with van der Waals surface area (Å²) in [5.41, 5.74) is -1.75. The highest BCUT2D eigenvalue weighted by Gasteiger charge is 2.53. The summed E-state index contributed by atoms with van der Waals surface area (Å²) in [6, 6.07) is 3.03. The normalized spacial score (nSPS) is 17.1. The smallest absolute Gasteiger partial charge is 0.427 e. The molecule has 2 aromatic rings. The van der Waals surface area contributed by atoms with Crippen LogP contribution in [0, 0.1) is 0 Å². The number of hydrogen-bond acceptors (Lipinski definition) is 10. The number of anilines is 2. The number of hydrogen-bond donors (Lipinski definition) is 3. The van der Waals surface area contributed by atoms with E-state index in [1.54, 1.807) is 0 Å². The van der Waals surface area contributed by atoms with Crippen molar-refractivity contribution in [1.29, 1.82) is 0 Å². The molecule has 22 heteroatoms. The van der Waals surface area contributed by atoms with Crippen molar-refractivity contribution in [3.63, 3.8) is 0 Å². The van der Waals surface area contributed by atoms with Gasteiger partial charge in [-0.1, -0.05) is 0 Å². The Kier molecular flexibility index (Phi) is 10.6.